The second-order valence-corrected chi connectivity index (χ2v) is 5.95. The Morgan fingerprint density at radius 2 is 1.95 bits per heavy atom. The summed E-state index contributed by atoms with van der Waals surface area (Å²) in [6, 6.07) is 6.05. The summed E-state index contributed by atoms with van der Waals surface area (Å²) >= 11 is 0. The smallest absolute Gasteiger partial charge is 0.124 e. The van der Waals surface area contributed by atoms with Crippen molar-refractivity contribution in [3.63, 3.8) is 0 Å². The van der Waals surface area contributed by atoms with Crippen LogP contribution in [0.2, 0.25) is 0 Å². The first-order valence-electron chi connectivity index (χ1n) is 7.19. The average Bonchev–Trinajstić information content (AvgIpc) is 2.38. The Morgan fingerprint density at radius 3 is 2.47 bits per heavy atom. The largest absolute Gasteiger partial charge is 0.384 e. The molecular formula is C16H25N3. The summed E-state index contributed by atoms with van der Waals surface area (Å²) in [6.07, 6.45) is 2.48. The molecule has 19 heavy (non-hydrogen) atoms. The maximum atomic E-state index is 7.75. The fraction of sp³-hybridized carbons (Fsp3) is 0.562. The molecular weight excluding hydrogens is 234 g/mol. The number of nitrogens with zero attached hydrogens (tertiary/aromatic N) is 1. The minimum atomic E-state index is 0.171. The highest BCUT2D eigenvalue weighted by atomic mass is 15.1. The Labute approximate surface area is 116 Å². The van der Waals surface area contributed by atoms with E-state index in [1.165, 1.54) is 18.4 Å². The summed E-state index contributed by atoms with van der Waals surface area (Å²) in [6.45, 7) is 8.89. The zero-order valence-electron chi connectivity index (χ0n) is 12.2. The average molecular weight is 259 g/mol. The molecule has 3 N–H and O–H groups in total. The summed E-state index contributed by atoms with van der Waals surface area (Å²) in [5.41, 5.74) is 8.98. The molecule has 2 rings (SSSR count). The molecule has 0 bridgehead atoms. The van der Waals surface area contributed by atoms with Gasteiger partial charge in [0.2, 0.25) is 0 Å². The molecule has 1 aromatic carbocycles. The number of hydrogen-bond donors (Lipinski definition) is 2. The Bertz CT molecular complexity index is 457. The minimum absolute atomic E-state index is 0.171. The minimum Gasteiger partial charge on any atom is -0.384 e. The van der Waals surface area contributed by atoms with Crippen molar-refractivity contribution in [1.82, 2.24) is 0 Å². The van der Waals surface area contributed by atoms with Crippen molar-refractivity contribution in [2.24, 2.45) is 17.6 Å². The SMILES string of the molecule is Cc1cccc(C(=N)N)c1N1CCC(C(C)C)CC1. The Balaban J connectivity index is 2.22. The number of rotatable bonds is 3. The molecule has 0 radical (unpaired) electrons. The van der Waals surface area contributed by atoms with E-state index in [9.17, 15) is 0 Å². The number of anilines is 1. The van der Waals surface area contributed by atoms with Crippen molar-refractivity contribution < 1.29 is 0 Å². The van der Waals surface area contributed by atoms with E-state index in [0.29, 0.717) is 0 Å². The van der Waals surface area contributed by atoms with Gasteiger partial charge in [-0.15, -0.1) is 0 Å². The van der Waals surface area contributed by atoms with Gasteiger partial charge in [-0.2, -0.15) is 0 Å². The molecule has 0 aromatic heterocycles. The van der Waals surface area contributed by atoms with Gasteiger partial charge < -0.3 is 10.6 Å². The van der Waals surface area contributed by atoms with Gasteiger partial charge in [0.15, 0.2) is 0 Å². The predicted octanol–water partition coefficient (Wildman–Crippen LogP) is 3.15. The topological polar surface area (TPSA) is 53.1 Å². The van der Waals surface area contributed by atoms with E-state index in [0.717, 1.165) is 36.2 Å². The fourth-order valence-electron chi connectivity index (χ4n) is 3.09. The molecule has 1 heterocycles. The quantitative estimate of drug-likeness (QED) is 0.647. The lowest BCUT2D eigenvalue weighted by Crippen LogP contribution is -2.37. The molecule has 3 nitrogen and oxygen atoms in total. The van der Waals surface area contributed by atoms with Crippen molar-refractivity contribution in [2.75, 3.05) is 18.0 Å². The maximum absolute atomic E-state index is 7.75. The lowest BCUT2D eigenvalue weighted by molar-refractivity contribution is 0.311. The highest BCUT2D eigenvalue weighted by Gasteiger charge is 2.24. The van der Waals surface area contributed by atoms with Crippen LogP contribution in [0.25, 0.3) is 0 Å². The molecule has 0 saturated carbocycles. The second kappa shape index (κ2) is 5.64. The van der Waals surface area contributed by atoms with Crippen molar-refractivity contribution in [3.8, 4) is 0 Å². The van der Waals surface area contributed by atoms with E-state index in [-0.39, 0.29) is 5.84 Å². The molecule has 0 aliphatic carbocycles. The summed E-state index contributed by atoms with van der Waals surface area (Å²) in [5.74, 6) is 1.78. The molecule has 0 spiro atoms. The first-order valence-corrected chi connectivity index (χ1v) is 7.19. The van der Waals surface area contributed by atoms with Crippen LogP contribution in [0.15, 0.2) is 18.2 Å². The van der Waals surface area contributed by atoms with Crippen LogP contribution in [-0.4, -0.2) is 18.9 Å². The van der Waals surface area contributed by atoms with Gasteiger partial charge in [-0.3, -0.25) is 5.41 Å². The van der Waals surface area contributed by atoms with Gasteiger partial charge in [0.25, 0.3) is 0 Å². The number of piperidine rings is 1. The van der Waals surface area contributed by atoms with Gasteiger partial charge in [0.05, 0.1) is 5.69 Å². The molecule has 1 aromatic rings. The molecule has 0 atom stereocenters. The maximum Gasteiger partial charge on any atom is 0.124 e. The van der Waals surface area contributed by atoms with Gasteiger partial charge in [-0.1, -0.05) is 26.0 Å². The van der Waals surface area contributed by atoms with Gasteiger partial charge in [0.1, 0.15) is 5.84 Å². The third kappa shape index (κ3) is 2.91. The fourth-order valence-corrected chi connectivity index (χ4v) is 3.09. The zero-order chi connectivity index (χ0) is 14.0. The number of nitrogen functional groups attached to an aromatic ring is 1. The Hall–Kier alpha value is -1.51. The third-order valence-corrected chi connectivity index (χ3v) is 4.33. The molecule has 1 aliphatic heterocycles. The lowest BCUT2D eigenvalue weighted by Gasteiger charge is -2.37. The van der Waals surface area contributed by atoms with Crippen LogP contribution in [0.1, 0.15) is 37.8 Å². The summed E-state index contributed by atoms with van der Waals surface area (Å²) in [7, 11) is 0. The highest BCUT2D eigenvalue weighted by molar-refractivity contribution is 6.01. The van der Waals surface area contributed by atoms with Crippen molar-refractivity contribution in [1.29, 1.82) is 5.41 Å². The first kappa shape index (κ1) is 13.9. The molecule has 1 saturated heterocycles. The summed E-state index contributed by atoms with van der Waals surface area (Å²) in [5, 5.41) is 7.75. The number of hydrogen-bond acceptors (Lipinski definition) is 2. The first-order chi connectivity index (χ1) is 9.00. The molecule has 3 heteroatoms. The number of aryl methyl sites for hydroxylation is 1. The van der Waals surface area contributed by atoms with Crippen molar-refractivity contribution >= 4 is 11.5 Å². The number of benzene rings is 1. The normalized spacial score (nSPS) is 16.9. The molecule has 104 valence electrons. The number of nitrogens with two attached hydrogens (primary N) is 1. The van der Waals surface area contributed by atoms with Crippen LogP contribution in [0.5, 0.6) is 0 Å². The van der Waals surface area contributed by atoms with Crippen LogP contribution in [0, 0.1) is 24.2 Å². The van der Waals surface area contributed by atoms with E-state index in [1.807, 2.05) is 12.1 Å². The van der Waals surface area contributed by atoms with Crippen LogP contribution >= 0.6 is 0 Å². The zero-order valence-corrected chi connectivity index (χ0v) is 12.2. The van der Waals surface area contributed by atoms with Crippen LogP contribution < -0.4 is 10.6 Å². The van der Waals surface area contributed by atoms with Gasteiger partial charge >= 0.3 is 0 Å². The standard InChI is InChI=1S/C16H25N3/c1-11(2)13-7-9-19(10-8-13)15-12(3)5-4-6-14(15)16(17)18/h4-6,11,13H,7-10H2,1-3H3,(H3,17,18). The Kier molecular flexibility index (Phi) is 4.13. The van der Waals surface area contributed by atoms with Crippen molar-refractivity contribution in [2.45, 2.75) is 33.6 Å². The van der Waals surface area contributed by atoms with Gasteiger partial charge in [-0.25, -0.2) is 0 Å². The van der Waals surface area contributed by atoms with Crippen LogP contribution in [0.4, 0.5) is 5.69 Å². The molecule has 1 aliphatic rings. The number of nitrogens with one attached hydrogen (secondary N) is 1. The van der Waals surface area contributed by atoms with E-state index in [2.05, 4.69) is 31.7 Å². The Morgan fingerprint density at radius 1 is 1.32 bits per heavy atom. The molecule has 1 fully saturated rings. The van der Waals surface area contributed by atoms with E-state index in [4.69, 9.17) is 11.1 Å². The van der Waals surface area contributed by atoms with Crippen LogP contribution in [0.3, 0.4) is 0 Å². The predicted molar refractivity (Wildman–Crippen MR) is 82.0 cm³/mol. The van der Waals surface area contributed by atoms with Gasteiger partial charge in [-0.05, 0) is 43.2 Å². The highest BCUT2D eigenvalue weighted by Crippen LogP contribution is 2.31. The lowest BCUT2D eigenvalue weighted by atomic mass is 9.86. The second-order valence-electron chi connectivity index (χ2n) is 5.95. The van der Waals surface area contributed by atoms with E-state index < -0.39 is 0 Å². The summed E-state index contributed by atoms with van der Waals surface area (Å²) in [4.78, 5) is 2.41. The van der Waals surface area contributed by atoms with E-state index in [1.54, 1.807) is 0 Å². The molecule has 0 unspecified atom stereocenters. The van der Waals surface area contributed by atoms with Crippen molar-refractivity contribution in [3.05, 3.63) is 29.3 Å². The third-order valence-electron chi connectivity index (χ3n) is 4.33. The molecule has 0 amide bonds. The summed E-state index contributed by atoms with van der Waals surface area (Å²) < 4.78 is 0. The van der Waals surface area contributed by atoms with Crippen LogP contribution in [-0.2, 0) is 0 Å². The van der Waals surface area contributed by atoms with Gasteiger partial charge in [0, 0.05) is 18.7 Å². The van der Waals surface area contributed by atoms with E-state index >= 15 is 0 Å². The number of amidine groups is 1. The monoisotopic (exact) mass is 259 g/mol. The number of para-hydroxylation sites is 1.